The largest absolute Gasteiger partial charge is 0.350 e. The van der Waals surface area contributed by atoms with Crippen molar-refractivity contribution in [3.05, 3.63) is 10.6 Å². The Kier molecular flexibility index (Phi) is 4.11. The molecule has 1 N–H and O–H groups in total. The van der Waals surface area contributed by atoms with Gasteiger partial charge in [0.25, 0.3) is 5.91 Å². The van der Waals surface area contributed by atoms with Gasteiger partial charge in [0.15, 0.2) is 0 Å². The van der Waals surface area contributed by atoms with Crippen molar-refractivity contribution in [2.75, 3.05) is 12.4 Å². The van der Waals surface area contributed by atoms with E-state index in [2.05, 4.69) is 14.9 Å². The Balaban J connectivity index is 2.65. The van der Waals surface area contributed by atoms with Gasteiger partial charge in [-0.25, -0.2) is 0 Å². The summed E-state index contributed by atoms with van der Waals surface area (Å²) in [6, 6.07) is 0. The molecule has 0 atom stereocenters. The summed E-state index contributed by atoms with van der Waals surface area (Å²) in [4.78, 5) is 12.0. The number of aromatic nitrogens is 2. The van der Waals surface area contributed by atoms with Gasteiger partial charge in [-0.2, -0.15) is 0 Å². The highest BCUT2D eigenvalue weighted by Crippen LogP contribution is 2.10. The van der Waals surface area contributed by atoms with Crippen LogP contribution >= 0.6 is 23.1 Å². The Hall–Kier alpha value is -0.680. The van der Waals surface area contributed by atoms with Gasteiger partial charge in [0.1, 0.15) is 4.88 Å². The summed E-state index contributed by atoms with van der Waals surface area (Å²) in [6.07, 6.45) is 0.722. The number of carbonyl (C=O) groups is 1. The molecule has 72 valence electrons. The lowest BCUT2D eigenvalue weighted by Gasteiger charge is -1.99. The number of hydrogen-bond donors (Lipinski definition) is 1. The van der Waals surface area contributed by atoms with E-state index in [1.165, 1.54) is 0 Å². The monoisotopic (exact) mass is 219 g/mol. The SMILES string of the molecule is CCc1nnsc1C(=O)NCCCl. The van der Waals surface area contributed by atoms with Crippen LogP contribution in [0.1, 0.15) is 22.3 Å². The predicted molar refractivity (Wildman–Crippen MR) is 52.3 cm³/mol. The molecule has 0 aromatic carbocycles. The lowest BCUT2D eigenvalue weighted by atomic mass is 10.3. The molecule has 1 aromatic heterocycles. The van der Waals surface area contributed by atoms with Gasteiger partial charge in [0.05, 0.1) is 5.69 Å². The van der Waals surface area contributed by atoms with Crippen molar-refractivity contribution in [2.45, 2.75) is 13.3 Å². The number of rotatable bonds is 4. The number of alkyl halides is 1. The zero-order chi connectivity index (χ0) is 9.68. The second kappa shape index (κ2) is 5.14. The first-order chi connectivity index (χ1) is 6.29. The number of hydrogen-bond acceptors (Lipinski definition) is 4. The number of nitrogens with one attached hydrogen (secondary N) is 1. The fraction of sp³-hybridized carbons (Fsp3) is 0.571. The Bertz CT molecular complexity index is 289. The summed E-state index contributed by atoms with van der Waals surface area (Å²) in [5.41, 5.74) is 0.747. The molecule has 0 fully saturated rings. The fourth-order valence-corrected chi connectivity index (χ4v) is 1.61. The summed E-state index contributed by atoms with van der Waals surface area (Å²) in [6.45, 7) is 2.41. The summed E-state index contributed by atoms with van der Waals surface area (Å²) >= 11 is 6.55. The highest BCUT2D eigenvalue weighted by Gasteiger charge is 2.13. The number of amides is 1. The lowest BCUT2D eigenvalue weighted by Crippen LogP contribution is -2.25. The first-order valence-electron chi connectivity index (χ1n) is 3.95. The van der Waals surface area contributed by atoms with Crippen LogP contribution in [0.2, 0.25) is 0 Å². The van der Waals surface area contributed by atoms with E-state index < -0.39 is 0 Å². The Morgan fingerprint density at radius 3 is 3.08 bits per heavy atom. The minimum Gasteiger partial charge on any atom is -0.350 e. The molecule has 6 heteroatoms. The van der Waals surface area contributed by atoms with Crippen molar-refractivity contribution in [3.63, 3.8) is 0 Å². The standard InChI is InChI=1S/C7H10ClN3OS/c1-2-5-6(13-11-10-5)7(12)9-4-3-8/h2-4H2,1H3,(H,9,12). The van der Waals surface area contributed by atoms with Crippen molar-refractivity contribution in [1.29, 1.82) is 0 Å². The second-order valence-corrected chi connectivity index (χ2v) is 3.48. The number of aryl methyl sites for hydroxylation is 1. The maximum Gasteiger partial charge on any atom is 0.264 e. The van der Waals surface area contributed by atoms with E-state index in [4.69, 9.17) is 11.6 Å². The molecule has 0 aliphatic carbocycles. The maximum atomic E-state index is 11.4. The van der Waals surface area contributed by atoms with Crippen LogP contribution in [0.4, 0.5) is 0 Å². The molecule has 0 saturated heterocycles. The predicted octanol–water partition coefficient (Wildman–Crippen LogP) is 1.07. The summed E-state index contributed by atoms with van der Waals surface area (Å²) in [7, 11) is 0. The quantitative estimate of drug-likeness (QED) is 0.771. The fourth-order valence-electron chi connectivity index (χ4n) is 0.853. The van der Waals surface area contributed by atoms with Crippen LogP contribution in [0.25, 0.3) is 0 Å². The molecule has 1 amide bonds. The third kappa shape index (κ3) is 2.63. The Morgan fingerprint density at radius 2 is 2.46 bits per heavy atom. The number of halogens is 1. The highest BCUT2D eigenvalue weighted by molar-refractivity contribution is 7.08. The van der Waals surface area contributed by atoms with E-state index in [1.54, 1.807) is 0 Å². The second-order valence-electron chi connectivity index (χ2n) is 2.35. The van der Waals surface area contributed by atoms with E-state index in [9.17, 15) is 4.79 Å². The van der Waals surface area contributed by atoms with Crippen LogP contribution in [-0.2, 0) is 6.42 Å². The van der Waals surface area contributed by atoms with Crippen LogP contribution in [0.5, 0.6) is 0 Å². The van der Waals surface area contributed by atoms with Crippen molar-refractivity contribution in [3.8, 4) is 0 Å². The van der Waals surface area contributed by atoms with E-state index in [-0.39, 0.29) is 5.91 Å². The van der Waals surface area contributed by atoms with E-state index in [0.29, 0.717) is 17.3 Å². The summed E-state index contributed by atoms with van der Waals surface area (Å²) in [5.74, 6) is 0.284. The normalized spacial score (nSPS) is 10.0. The molecule has 0 aliphatic heterocycles. The molecule has 13 heavy (non-hydrogen) atoms. The van der Waals surface area contributed by atoms with Gasteiger partial charge in [-0.1, -0.05) is 11.4 Å². The van der Waals surface area contributed by atoms with Crippen LogP contribution in [0, 0.1) is 0 Å². The highest BCUT2D eigenvalue weighted by atomic mass is 35.5. The van der Waals surface area contributed by atoms with Crippen LogP contribution in [-0.4, -0.2) is 27.9 Å². The molecule has 1 rings (SSSR count). The molecule has 0 spiro atoms. The van der Waals surface area contributed by atoms with Gasteiger partial charge in [-0.3, -0.25) is 4.79 Å². The first kappa shape index (κ1) is 10.4. The number of carbonyl (C=O) groups excluding carboxylic acids is 1. The Labute approximate surface area is 85.5 Å². The van der Waals surface area contributed by atoms with Crippen LogP contribution in [0.15, 0.2) is 0 Å². The van der Waals surface area contributed by atoms with Crippen molar-refractivity contribution < 1.29 is 4.79 Å². The van der Waals surface area contributed by atoms with E-state index in [1.807, 2.05) is 6.92 Å². The van der Waals surface area contributed by atoms with Crippen LogP contribution in [0.3, 0.4) is 0 Å². The zero-order valence-corrected chi connectivity index (χ0v) is 8.78. The van der Waals surface area contributed by atoms with Crippen LogP contribution < -0.4 is 5.32 Å². The molecular weight excluding hydrogens is 210 g/mol. The molecule has 4 nitrogen and oxygen atoms in total. The molecule has 0 unspecified atom stereocenters. The maximum absolute atomic E-state index is 11.4. The van der Waals surface area contributed by atoms with Gasteiger partial charge in [0, 0.05) is 12.4 Å². The topological polar surface area (TPSA) is 54.9 Å². The number of nitrogens with zero attached hydrogens (tertiary/aromatic N) is 2. The van der Waals surface area contributed by atoms with Gasteiger partial charge in [-0.15, -0.1) is 16.7 Å². The minimum absolute atomic E-state index is 0.132. The first-order valence-corrected chi connectivity index (χ1v) is 5.25. The van der Waals surface area contributed by atoms with E-state index in [0.717, 1.165) is 23.6 Å². The molecule has 1 aromatic rings. The lowest BCUT2D eigenvalue weighted by molar-refractivity contribution is 0.0959. The third-order valence-corrected chi connectivity index (χ3v) is 2.43. The van der Waals surface area contributed by atoms with Crippen molar-refractivity contribution >= 4 is 29.0 Å². The van der Waals surface area contributed by atoms with Crippen molar-refractivity contribution in [1.82, 2.24) is 14.9 Å². The molecular formula is C7H10ClN3OS. The third-order valence-electron chi connectivity index (χ3n) is 1.48. The van der Waals surface area contributed by atoms with Gasteiger partial charge in [0.2, 0.25) is 0 Å². The molecule has 0 radical (unpaired) electrons. The smallest absolute Gasteiger partial charge is 0.264 e. The zero-order valence-electron chi connectivity index (χ0n) is 7.21. The molecule has 1 heterocycles. The summed E-state index contributed by atoms with van der Waals surface area (Å²) < 4.78 is 3.72. The van der Waals surface area contributed by atoms with Gasteiger partial charge < -0.3 is 5.32 Å². The molecule has 0 bridgehead atoms. The minimum atomic E-state index is -0.132. The van der Waals surface area contributed by atoms with Gasteiger partial charge in [-0.05, 0) is 18.0 Å². The molecule has 0 saturated carbocycles. The Morgan fingerprint density at radius 1 is 1.69 bits per heavy atom. The summed E-state index contributed by atoms with van der Waals surface area (Å²) in [5, 5.41) is 6.51. The molecule has 0 aliphatic rings. The average molecular weight is 220 g/mol. The van der Waals surface area contributed by atoms with Crippen molar-refractivity contribution in [2.24, 2.45) is 0 Å². The van der Waals surface area contributed by atoms with E-state index >= 15 is 0 Å². The average Bonchev–Trinajstić information content (AvgIpc) is 2.61. The van der Waals surface area contributed by atoms with Gasteiger partial charge >= 0.3 is 0 Å².